The van der Waals surface area contributed by atoms with Crippen LogP contribution in [0.15, 0.2) is 36.4 Å². The van der Waals surface area contributed by atoms with Gasteiger partial charge in [0.1, 0.15) is 5.75 Å². The minimum absolute atomic E-state index is 0.804. The maximum atomic E-state index is 5.89. The Kier molecular flexibility index (Phi) is 13.2. The summed E-state index contributed by atoms with van der Waals surface area (Å²) in [5.74, 6) is 2.82. The van der Waals surface area contributed by atoms with E-state index >= 15 is 0 Å². The molecule has 3 rings (SSSR count). The van der Waals surface area contributed by atoms with Crippen molar-refractivity contribution in [3.8, 4) is 17.0 Å². The maximum absolute atomic E-state index is 5.89. The highest BCUT2D eigenvalue weighted by atomic mass is 16.5. The van der Waals surface area contributed by atoms with Crippen molar-refractivity contribution < 1.29 is 4.74 Å². The van der Waals surface area contributed by atoms with Gasteiger partial charge in [-0.3, -0.25) is 0 Å². The average Bonchev–Trinajstić information content (AvgIpc) is 2.91. The largest absolute Gasteiger partial charge is 0.494 e. The Labute approximate surface area is 215 Å². The van der Waals surface area contributed by atoms with Gasteiger partial charge in [0.2, 0.25) is 0 Å². The molecule has 0 bridgehead atoms. The van der Waals surface area contributed by atoms with E-state index in [1.807, 2.05) is 0 Å². The summed E-state index contributed by atoms with van der Waals surface area (Å²) in [5.41, 5.74) is 3.18. The van der Waals surface area contributed by atoms with Crippen LogP contribution >= 0.6 is 0 Å². The predicted octanol–water partition coefficient (Wildman–Crippen LogP) is 9.59. The van der Waals surface area contributed by atoms with Gasteiger partial charge in [0.25, 0.3) is 0 Å². The smallest absolute Gasteiger partial charge is 0.119 e. The summed E-state index contributed by atoms with van der Waals surface area (Å²) in [5, 5.41) is 9.07. The number of benzene rings is 1. The summed E-state index contributed by atoms with van der Waals surface area (Å²) in [7, 11) is 0. The molecule has 0 atom stereocenters. The van der Waals surface area contributed by atoms with Gasteiger partial charge < -0.3 is 4.74 Å². The van der Waals surface area contributed by atoms with Crippen LogP contribution in [0.2, 0.25) is 0 Å². The van der Waals surface area contributed by atoms with Crippen molar-refractivity contribution in [2.24, 2.45) is 11.8 Å². The van der Waals surface area contributed by atoms with Gasteiger partial charge >= 0.3 is 0 Å². The fraction of sp³-hybridized carbons (Fsp3) is 0.688. The molecule has 0 saturated heterocycles. The molecule has 1 aromatic carbocycles. The van der Waals surface area contributed by atoms with Crippen molar-refractivity contribution in [3.63, 3.8) is 0 Å². The average molecular weight is 479 g/mol. The molecule has 0 aliphatic heterocycles. The first-order valence-electron chi connectivity index (χ1n) is 14.8. The number of hydrogen-bond donors (Lipinski definition) is 0. The molecule has 0 unspecified atom stereocenters. The Bertz CT molecular complexity index is 778. The first-order chi connectivity index (χ1) is 17.3. The van der Waals surface area contributed by atoms with Crippen LogP contribution in [-0.4, -0.2) is 16.8 Å². The third-order valence-corrected chi connectivity index (χ3v) is 7.88. The lowest BCUT2D eigenvalue weighted by Crippen LogP contribution is -2.15. The molecule has 1 aromatic heterocycles. The van der Waals surface area contributed by atoms with Gasteiger partial charge in [0.05, 0.1) is 18.0 Å². The molecule has 1 saturated carbocycles. The molecular formula is C32H50N2O. The van der Waals surface area contributed by atoms with E-state index < -0.39 is 0 Å². The highest BCUT2D eigenvalue weighted by Gasteiger charge is 2.20. The van der Waals surface area contributed by atoms with Crippen molar-refractivity contribution in [1.29, 1.82) is 0 Å². The number of nitrogens with zero attached hydrogens (tertiary/aromatic N) is 2. The van der Waals surface area contributed by atoms with Crippen molar-refractivity contribution in [3.05, 3.63) is 42.1 Å². The Morgan fingerprint density at radius 2 is 1.29 bits per heavy atom. The van der Waals surface area contributed by atoms with Gasteiger partial charge in [-0.05, 0) is 67.5 Å². The zero-order valence-corrected chi connectivity index (χ0v) is 22.6. The predicted molar refractivity (Wildman–Crippen MR) is 149 cm³/mol. The molecule has 0 radical (unpaired) electrons. The summed E-state index contributed by atoms with van der Waals surface area (Å²) in [6, 6.07) is 12.6. The van der Waals surface area contributed by atoms with Crippen LogP contribution in [0.3, 0.4) is 0 Å². The number of ether oxygens (including phenoxy) is 1. The van der Waals surface area contributed by atoms with E-state index in [1.165, 1.54) is 96.3 Å². The molecule has 0 amide bonds. The quantitative estimate of drug-likeness (QED) is 0.212. The Morgan fingerprint density at radius 3 is 1.91 bits per heavy atom. The van der Waals surface area contributed by atoms with E-state index in [2.05, 4.69) is 60.4 Å². The molecule has 194 valence electrons. The van der Waals surface area contributed by atoms with E-state index in [1.54, 1.807) is 0 Å². The summed E-state index contributed by atoms with van der Waals surface area (Å²) in [4.78, 5) is 0. The Morgan fingerprint density at radius 1 is 0.657 bits per heavy atom. The molecule has 0 N–H and O–H groups in total. The molecule has 3 nitrogen and oxygen atoms in total. The van der Waals surface area contributed by atoms with E-state index in [9.17, 15) is 0 Å². The minimum Gasteiger partial charge on any atom is -0.494 e. The number of aryl methyl sites for hydroxylation is 1. The summed E-state index contributed by atoms with van der Waals surface area (Å²) >= 11 is 0. The van der Waals surface area contributed by atoms with E-state index in [0.29, 0.717) is 0 Å². The van der Waals surface area contributed by atoms with Gasteiger partial charge in [0, 0.05) is 5.56 Å². The van der Waals surface area contributed by atoms with Gasteiger partial charge in [-0.15, -0.1) is 0 Å². The molecule has 3 heteroatoms. The van der Waals surface area contributed by atoms with E-state index in [0.717, 1.165) is 54.0 Å². The summed E-state index contributed by atoms with van der Waals surface area (Å²) < 4.78 is 5.89. The second kappa shape index (κ2) is 16.7. The fourth-order valence-electron chi connectivity index (χ4n) is 5.46. The molecule has 1 aliphatic carbocycles. The zero-order valence-electron chi connectivity index (χ0n) is 22.6. The van der Waals surface area contributed by atoms with Crippen LogP contribution in [0.5, 0.6) is 5.75 Å². The number of rotatable bonds is 17. The Balaban J connectivity index is 1.32. The van der Waals surface area contributed by atoms with Gasteiger partial charge in [-0.2, -0.15) is 10.2 Å². The van der Waals surface area contributed by atoms with Crippen molar-refractivity contribution in [2.75, 3.05) is 6.61 Å². The van der Waals surface area contributed by atoms with Crippen molar-refractivity contribution in [1.82, 2.24) is 10.2 Å². The molecule has 1 aliphatic rings. The molecular weight excluding hydrogens is 428 g/mol. The highest BCUT2D eigenvalue weighted by Crippen LogP contribution is 2.34. The molecule has 1 heterocycles. The van der Waals surface area contributed by atoms with Gasteiger partial charge in [-0.25, -0.2) is 0 Å². The normalized spacial score (nSPS) is 18.0. The van der Waals surface area contributed by atoms with Crippen LogP contribution < -0.4 is 4.74 Å². The first kappa shape index (κ1) is 27.7. The van der Waals surface area contributed by atoms with Crippen LogP contribution in [0.1, 0.15) is 122 Å². The monoisotopic (exact) mass is 478 g/mol. The SMILES string of the molecule is CCCCCCCOc1ccc(-c2ccc(CCC3CCC(CCCCCCC)CC3)nn2)cc1. The molecule has 1 fully saturated rings. The maximum Gasteiger partial charge on any atom is 0.119 e. The molecule has 2 aromatic rings. The second-order valence-electron chi connectivity index (χ2n) is 10.8. The lowest BCUT2D eigenvalue weighted by atomic mass is 9.78. The third kappa shape index (κ3) is 10.7. The zero-order chi connectivity index (χ0) is 24.6. The van der Waals surface area contributed by atoms with Gasteiger partial charge in [-0.1, -0.05) is 104 Å². The van der Waals surface area contributed by atoms with Crippen molar-refractivity contribution in [2.45, 2.75) is 123 Å². The standard InChI is InChI=1S/C32H50N2O/c1-3-5-7-9-11-13-27-14-16-28(17-15-27)18-21-30-22-25-32(34-33-30)29-19-23-31(24-20-29)35-26-12-10-8-6-4-2/h19-20,22-25,27-28H,3-18,21,26H2,1-2H3. The topological polar surface area (TPSA) is 35.0 Å². The van der Waals surface area contributed by atoms with Crippen LogP contribution in [0.25, 0.3) is 11.3 Å². The third-order valence-electron chi connectivity index (χ3n) is 7.88. The molecule has 35 heavy (non-hydrogen) atoms. The number of aromatic nitrogens is 2. The first-order valence-corrected chi connectivity index (χ1v) is 14.8. The van der Waals surface area contributed by atoms with Crippen LogP contribution in [0.4, 0.5) is 0 Å². The van der Waals surface area contributed by atoms with Crippen LogP contribution in [0, 0.1) is 11.8 Å². The minimum atomic E-state index is 0.804. The van der Waals surface area contributed by atoms with Crippen molar-refractivity contribution >= 4 is 0 Å². The summed E-state index contributed by atoms with van der Waals surface area (Å²) in [6.45, 7) is 5.35. The number of unbranched alkanes of at least 4 members (excludes halogenated alkanes) is 8. The number of hydrogen-bond acceptors (Lipinski definition) is 3. The highest BCUT2D eigenvalue weighted by molar-refractivity contribution is 5.59. The summed E-state index contributed by atoms with van der Waals surface area (Å²) in [6.07, 6.45) is 22.9. The lowest BCUT2D eigenvalue weighted by Gasteiger charge is -2.28. The lowest BCUT2D eigenvalue weighted by molar-refractivity contribution is 0.248. The van der Waals surface area contributed by atoms with E-state index in [4.69, 9.17) is 4.74 Å². The second-order valence-corrected chi connectivity index (χ2v) is 10.8. The van der Waals surface area contributed by atoms with Gasteiger partial charge in [0.15, 0.2) is 0 Å². The Hall–Kier alpha value is -1.90. The van der Waals surface area contributed by atoms with Crippen LogP contribution in [-0.2, 0) is 6.42 Å². The fourth-order valence-corrected chi connectivity index (χ4v) is 5.46. The van der Waals surface area contributed by atoms with E-state index in [-0.39, 0.29) is 0 Å². The molecule has 0 spiro atoms.